The van der Waals surface area contributed by atoms with E-state index >= 15 is 0 Å². The van der Waals surface area contributed by atoms with Crippen LogP contribution in [0.3, 0.4) is 0 Å². The van der Waals surface area contributed by atoms with Crippen LogP contribution in [0, 0.1) is 0 Å². The second-order valence-corrected chi connectivity index (χ2v) is 5.28. The molecule has 0 saturated heterocycles. The average Bonchev–Trinajstić information content (AvgIpc) is 2.79. The van der Waals surface area contributed by atoms with Crippen LogP contribution in [0.15, 0.2) is 35.0 Å². The third-order valence-electron chi connectivity index (χ3n) is 2.51. The highest BCUT2D eigenvalue weighted by Crippen LogP contribution is 2.18. The number of nitrogens with two attached hydrogens (primary N) is 1. The van der Waals surface area contributed by atoms with Crippen LogP contribution >= 0.6 is 22.9 Å². The fourth-order valence-electron chi connectivity index (χ4n) is 1.68. The van der Waals surface area contributed by atoms with Crippen molar-refractivity contribution in [1.29, 1.82) is 0 Å². The first kappa shape index (κ1) is 12.9. The first-order chi connectivity index (χ1) is 8.56. The number of amides is 1. The molecule has 0 spiro atoms. The maximum atomic E-state index is 12.2. The topological polar surface area (TPSA) is 46.3 Å². The number of hydrogen-bond donors (Lipinski definition) is 1. The van der Waals surface area contributed by atoms with Gasteiger partial charge in [-0.15, -0.1) is 0 Å². The van der Waals surface area contributed by atoms with Gasteiger partial charge in [0.15, 0.2) is 0 Å². The largest absolute Gasteiger partial charge is 0.399 e. The van der Waals surface area contributed by atoms with E-state index in [1.807, 2.05) is 16.8 Å². The summed E-state index contributed by atoms with van der Waals surface area (Å²) in [5.41, 5.74) is 7.80. The monoisotopic (exact) mass is 280 g/mol. The van der Waals surface area contributed by atoms with Gasteiger partial charge in [-0.2, -0.15) is 11.3 Å². The molecule has 1 aromatic heterocycles. The molecule has 0 radical (unpaired) electrons. The van der Waals surface area contributed by atoms with Crippen molar-refractivity contribution >= 4 is 34.5 Å². The Morgan fingerprint density at radius 3 is 2.83 bits per heavy atom. The number of carbonyl (C=O) groups excluding carboxylic acids is 1. The van der Waals surface area contributed by atoms with Crippen molar-refractivity contribution in [2.45, 2.75) is 6.54 Å². The van der Waals surface area contributed by atoms with Crippen molar-refractivity contribution < 1.29 is 4.79 Å². The lowest BCUT2D eigenvalue weighted by atomic mass is 10.1. The maximum Gasteiger partial charge on any atom is 0.254 e. The Bertz CT molecular complexity index is 534. The summed E-state index contributed by atoms with van der Waals surface area (Å²) >= 11 is 7.51. The van der Waals surface area contributed by atoms with Crippen molar-refractivity contribution in [2.24, 2.45) is 0 Å². The van der Waals surface area contributed by atoms with Crippen molar-refractivity contribution in [3.63, 3.8) is 0 Å². The number of anilines is 1. The zero-order chi connectivity index (χ0) is 13.1. The first-order valence-corrected chi connectivity index (χ1v) is 6.71. The van der Waals surface area contributed by atoms with E-state index in [0.29, 0.717) is 22.8 Å². The SMILES string of the molecule is CN(Cc1ccsc1)C(=O)c1cc(N)cc(Cl)c1. The van der Waals surface area contributed by atoms with Crippen molar-refractivity contribution in [2.75, 3.05) is 12.8 Å². The van der Waals surface area contributed by atoms with E-state index in [1.54, 1.807) is 41.5 Å². The average molecular weight is 281 g/mol. The van der Waals surface area contributed by atoms with Crippen LogP contribution in [0.25, 0.3) is 0 Å². The van der Waals surface area contributed by atoms with Gasteiger partial charge >= 0.3 is 0 Å². The zero-order valence-electron chi connectivity index (χ0n) is 9.89. The standard InChI is InChI=1S/C13H13ClN2OS/c1-16(7-9-2-3-18-8-9)13(17)10-4-11(14)6-12(15)5-10/h2-6,8H,7,15H2,1H3. The fraction of sp³-hybridized carbons (Fsp3) is 0.154. The molecule has 0 atom stereocenters. The van der Waals surface area contributed by atoms with Gasteiger partial charge in [0.25, 0.3) is 5.91 Å². The number of carbonyl (C=O) groups is 1. The highest BCUT2D eigenvalue weighted by Gasteiger charge is 2.13. The molecular formula is C13H13ClN2OS. The summed E-state index contributed by atoms with van der Waals surface area (Å²) in [5.74, 6) is -0.0876. The van der Waals surface area contributed by atoms with Crippen LogP contribution in [-0.4, -0.2) is 17.9 Å². The molecule has 2 N–H and O–H groups in total. The Balaban J connectivity index is 2.15. The van der Waals surface area contributed by atoms with Crippen molar-refractivity contribution in [1.82, 2.24) is 4.90 Å². The molecule has 5 heteroatoms. The molecular weight excluding hydrogens is 268 g/mol. The lowest BCUT2D eigenvalue weighted by molar-refractivity contribution is 0.0785. The Morgan fingerprint density at radius 2 is 2.22 bits per heavy atom. The van der Waals surface area contributed by atoms with Gasteiger partial charge in [0.1, 0.15) is 0 Å². The smallest absolute Gasteiger partial charge is 0.254 e. The summed E-state index contributed by atoms with van der Waals surface area (Å²) in [6, 6.07) is 6.89. The lowest BCUT2D eigenvalue weighted by Crippen LogP contribution is -2.26. The normalized spacial score (nSPS) is 10.3. The lowest BCUT2D eigenvalue weighted by Gasteiger charge is -2.17. The number of halogens is 1. The van der Waals surface area contributed by atoms with Crippen LogP contribution < -0.4 is 5.73 Å². The summed E-state index contributed by atoms with van der Waals surface area (Å²) < 4.78 is 0. The molecule has 0 aliphatic carbocycles. The molecule has 3 nitrogen and oxygen atoms in total. The maximum absolute atomic E-state index is 12.2. The molecule has 18 heavy (non-hydrogen) atoms. The number of thiophene rings is 1. The van der Waals surface area contributed by atoms with Crippen LogP contribution in [0.1, 0.15) is 15.9 Å². The van der Waals surface area contributed by atoms with E-state index in [9.17, 15) is 4.79 Å². The molecule has 1 aromatic carbocycles. The van der Waals surface area contributed by atoms with Gasteiger partial charge < -0.3 is 10.6 Å². The molecule has 1 amide bonds. The summed E-state index contributed by atoms with van der Waals surface area (Å²) in [7, 11) is 1.76. The van der Waals surface area contributed by atoms with E-state index in [4.69, 9.17) is 17.3 Å². The predicted octanol–water partition coefficient (Wildman–Crippen LogP) is 3.26. The Morgan fingerprint density at radius 1 is 1.44 bits per heavy atom. The Labute approximate surface area is 115 Å². The van der Waals surface area contributed by atoms with Gasteiger partial charge in [-0.25, -0.2) is 0 Å². The van der Waals surface area contributed by atoms with Crippen LogP contribution in [0.5, 0.6) is 0 Å². The number of benzene rings is 1. The minimum Gasteiger partial charge on any atom is -0.399 e. The van der Waals surface area contributed by atoms with E-state index in [1.165, 1.54) is 0 Å². The van der Waals surface area contributed by atoms with Gasteiger partial charge in [0.2, 0.25) is 0 Å². The van der Waals surface area contributed by atoms with E-state index < -0.39 is 0 Å². The highest BCUT2D eigenvalue weighted by molar-refractivity contribution is 7.07. The number of rotatable bonds is 3. The van der Waals surface area contributed by atoms with Gasteiger partial charge in [0, 0.05) is 29.9 Å². The number of nitrogen functional groups attached to an aromatic ring is 1. The molecule has 0 saturated carbocycles. The first-order valence-electron chi connectivity index (χ1n) is 5.39. The van der Waals surface area contributed by atoms with Gasteiger partial charge in [-0.3, -0.25) is 4.79 Å². The summed E-state index contributed by atoms with van der Waals surface area (Å²) in [4.78, 5) is 13.8. The number of hydrogen-bond acceptors (Lipinski definition) is 3. The third-order valence-corrected chi connectivity index (χ3v) is 3.46. The summed E-state index contributed by atoms with van der Waals surface area (Å²) in [6.07, 6.45) is 0. The minimum atomic E-state index is -0.0876. The second-order valence-electron chi connectivity index (χ2n) is 4.07. The molecule has 0 bridgehead atoms. The van der Waals surface area contributed by atoms with Gasteiger partial charge in [-0.1, -0.05) is 11.6 Å². The molecule has 2 rings (SSSR count). The third kappa shape index (κ3) is 3.03. The zero-order valence-corrected chi connectivity index (χ0v) is 11.5. The van der Waals surface area contributed by atoms with Crippen molar-refractivity contribution in [3.05, 3.63) is 51.2 Å². The Kier molecular flexibility index (Phi) is 3.89. The summed E-state index contributed by atoms with van der Waals surface area (Å²) in [5, 5.41) is 4.49. The van der Waals surface area contributed by atoms with Gasteiger partial charge in [-0.05, 0) is 40.6 Å². The van der Waals surface area contributed by atoms with E-state index in [-0.39, 0.29) is 5.91 Å². The molecule has 1 heterocycles. The van der Waals surface area contributed by atoms with Crippen LogP contribution in [-0.2, 0) is 6.54 Å². The highest BCUT2D eigenvalue weighted by atomic mass is 35.5. The minimum absolute atomic E-state index is 0.0876. The van der Waals surface area contributed by atoms with Gasteiger partial charge in [0.05, 0.1) is 0 Å². The molecule has 2 aromatic rings. The molecule has 0 aliphatic heterocycles. The molecule has 0 fully saturated rings. The molecule has 94 valence electrons. The van der Waals surface area contributed by atoms with Crippen LogP contribution in [0.2, 0.25) is 5.02 Å². The number of nitrogens with zero attached hydrogens (tertiary/aromatic N) is 1. The quantitative estimate of drug-likeness (QED) is 0.877. The predicted molar refractivity (Wildman–Crippen MR) is 76.0 cm³/mol. The van der Waals surface area contributed by atoms with Crippen molar-refractivity contribution in [3.8, 4) is 0 Å². The summed E-state index contributed by atoms with van der Waals surface area (Å²) in [6.45, 7) is 0.578. The second kappa shape index (κ2) is 5.42. The van der Waals surface area contributed by atoms with E-state index in [2.05, 4.69) is 0 Å². The Hall–Kier alpha value is -1.52. The fourth-order valence-corrected chi connectivity index (χ4v) is 2.59. The molecule has 0 aliphatic rings. The van der Waals surface area contributed by atoms with E-state index in [0.717, 1.165) is 5.56 Å². The molecule has 0 unspecified atom stereocenters. The van der Waals surface area contributed by atoms with Crippen LogP contribution in [0.4, 0.5) is 5.69 Å².